The maximum absolute atomic E-state index is 9.10. The Morgan fingerprint density at radius 3 is 2.56 bits per heavy atom. The van der Waals surface area contributed by atoms with E-state index in [-0.39, 0.29) is 12.1 Å². The van der Waals surface area contributed by atoms with E-state index in [1.54, 1.807) is 7.11 Å². The molecule has 4 nitrogen and oxygen atoms in total. The minimum absolute atomic E-state index is 0.0932. The maximum atomic E-state index is 9.10. The number of hydrogen-bond donors (Lipinski definition) is 2. The molecule has 16 heavy (non-hydrogen) atoms. The number of ether oxygens (including phenoxy) is 1. The van der Waals surface area contributed by atoms with Crippen LogP contribution in [0.15, 0.2) is 0 Å². The van der Waals surface area contributed by atoms with E-state index in [9.17, 15) is 0 Å². The Bertz CT molecular complexity index is 185. The van der Waals surface area contributed by atoms with Crippen LogP contribution in [0.1, 0.15) is 26.2 Å². The summed E-state index contributed by atoms with van der Waals surface area (Å²) in [5.74, 6) is 0. The lowest BCUT2D eigenvalue weighted by molar-refractivity contribution is 0.0806. The van der Waals surface area contributed by atoms with Crippen LogP contribution in [0.25, 0.3) is 0 Å². The zero-order chi connectivity index (χ0) is 12.0. The summed E-state index contributed by atoms with van der Waals surface area (Å²) in [6.45, 7) is 5.30. The summed E-state index contributed by atoms with van der Waals surface area (Å²) in [6, 6.07) is 0.558. The van der Waals surface area contributed by atoms with Crippen molar-refractivity contribution in [3.63, 3.8) is 0 Å². The highest BCUT2D eigenvalue weighted by atomic mass is 16.5. The standard InChI is InChI=1S/C12H26N2O2/c1-12(6-9-15,10-16-3)13-11-4-7-14(2)8-5-11/h11,13,15H,4-10H2,1-3H3. The molecule has 1 aliphatic rings. The molecule has 0 aromatic carbocycles. The van der Waals surface area contributed by atoms with Crippen LogP contribution in [-0.4, -0.2) is 62.0 Å². The fourth-order valence-electron chi connectivity index (χ4n) is 2.40. The van der Waals surface area contributed by atoms with Gasteiger partial charge in [-0.2, -0.15) is 0 Å². The van der Waals surface area contributed by atoms with Gasteiger partial charge >= 0.3 is 0 Å². The first kappa shape index (κ1) is 13.9. The summed E-state index contributed by atoms with van der Waals surface area (Å²) in [6.07, 6.45) is 3.11. The van der Waals surface area contributed by atoms with Gasteiger partial charge in [0.1, 0.15) is 0 Å². The van der Waals surface area contributed by atoms with Gasteiger partial charge in [0.15, 0.2) is 0 Å². The van der Waals surface area contributed by atoms with Crippen LogP contribution in [0.4, 0.5) is 0 Å². The minimum atomic E-state index is -0.0932. The molecule has 0 aliphatic carbocycles. The highest BCUT2D eigenvalue weighted by molar-refractivity contribution is 4.88. The summed E-state index contributed by atoms with van der Waals surface area (Å²) in [4.78, 5) is 2.36. The number of rotatable bonds is 6. The lowest BCUT2D eigenvalue weighted by Crippen LogP contribution is -2.54. The first-order valence-electron chi connectivity index (χ1n) is 6.16. The number of piperidine rings is 1. The van der Waals surface area contributed by atoms with Crippen LogP contribution < -0.4 is 5.32 Å². The van der Waals surface area contributed by atoms with E-state index in [2.05, 4.69) is 24.2 Å². The van der Waals surface area contributed by atoms with Crippen molar-refractivity contribution in [3.8, 4) is 0 Å². The fourth-order valence-corrected chi connectivity index (χ4v) is 2.40. The maximum Gasteiger partial charge on any atom is 0.0642 e. The van der Waals surface area contributed by atoms with E-state index in [0.717, 1.165) is 19.5 Å². The number of nitrogens with zero attached hydrogens (tertiary/aromatic N) is 1. The summed E-state index contributed by atoms with van der Waals surface area (Å²) < 4.78 is 5.24. The van der Waals surface area contributed by atoms with Crippen LogP contribution in [0, 0.1) is 0 Å². The van der Waals surface area contributed by atoms with Gasteiger partial charge in [-0.15, -0.1) is 0 Å². The number of hydrogen-bond acceptors (Lipinski definition) is 4. The normalized spacial score (nSPS) is 23.2. The van der Waals surface area contributed by atoms with Crippen molar-refractivity contribution >= 4 is 0 Å². The topological polar surface area (TPSA) is 44.7 Å². The van der Waals surface area contributed by atoms with Gasteiger partial charge in [0, 0.05) is 25.3 Å². The number of aliphatic hydroxyl groups excluding tert-OH is 1. The van der Waals surface area contributed by atoms with Crippen molar-refractivity contribution < 1.29 is 9.84 Å². The molecule has 1 rings (SSSR count). The molecule has 1 heterocycles. The highest BCUT2D eigenvalue weighted by Crippen LogP contribution is 2.16. The molecule has 0 amide bonds. The molecule has 0 spiro atoms. The number of methoxy groups -OCH3 is 1. The van der Waals surface area contributed by atoms with Crippen molar-refractivity contribution in [2.45, 2.75) is 37.8 Å². The van der Waals surface area contributed by atoms with E-state index < -0.39 is 0 Å². The molecule has 4 heteroatoms. The molecule has 96 valence electrons. The van der Waals surface area contributed by atoms with E-state index in [0.29, 0.717) is 12.6 Å². The fraction of sp³-hybridized carbons (Fsp3) is 1.00. The molecular weight excluding hydrogens is 204 g/mol. The Morgan fingerprint density at radius 2 is 2.06 bits per heavy atom. The largest absolute Gasteiger partial charge is 0.396 e. The molecule has 0 aromatic rings. The van der Waals surface area contributed by atoms with Gasteiger partial charge in [-0.05, 0) is 46.3 Å². The molecule has 1 unspecified atom stereocenters. The second kappa shape index (κ2) is 6.55. The SMILES string of the molecule is COCC(C)(CCO)NC1CCN(C)CC1. The highest BCUT2D eigenvalue weighted by Gasteiger charge is 2.28. The minimum Gasteiger partial charge on any atom is -0.396 e. The average molecular weight is 230 g/mol. The second-order valence-corrected chi connectivity index (χ2v) is 5.19. The van der Waals surface area contributed by atoms with Gasteiger partial charge in [0.2, 0.25) is 0 Å². The van der Waals surface area contributed by atoms with Crippen LogP contribution in [0.5, 0.6) is 0 Å². The van der Waals surface area contributed by atoms with Crippen molar-refractivity contribution in [3.05, 3.63) is 0 Å². The molecule has 1 fully saturated rings. The average Bonchev–Trinajstić information content (AvgIpc) is 2.22. The summed E-state index contributed by atoms with van der Waals surface area (Å²) in [5, 5.41) is 12.7. The van der Waals surface area contributed by atoms with Crippen LogP contribution in [0.2, 0.25) is 0 Å². The third kappa shape index (κ3) is 4.37. The van der Waals surface area contributed by atoms with Gasteiger partial charge in [0.05, 0.1) is 6.61 Å². The van der Waals surface area contributed by atoms with Gasteiger partial charge < -0.3 is 20.1 Å². The summed E-state index contributed by atoms with van der Waals surface area (Å²) in [5.41, 5.74) is -0.0932. The molecule has 1 aliphatic heterocycles. The van der Waals surface area contributed by atoms with Gasteiger partial charge in [-0.3, -0.25) is 0 Å². The van der Waals surface area contributed by atoms with E-state index >= 15 is 0 Å². The third-order valence-electron chi connectivity index (χ3n) is 3.40. The predicted molar refractivity (Wildman–Crippen MR) is 65.6 cm³/mol. The molecule has 0 bridgehead atoms. The Labute approximate surface area is 99.0 Å². The third-order valence-corrected chi connectivity index (χ3v) is 3.40. The van der Waals surface area contributed by atoms with E-state index in [1.165, 1.54) is 12.8 Å². The smallest absolute Gasteiger partial charge is 0.0642 e. The van der Waals surface area contributed by atoms with Gasteiger partial charge in [-0.1, -0.05) is 0 Å². The first-order chi connectivity index (χ1) is 7.59. The molecule has 1 atom stereocenters. The van der Waals surface area contributed by atoms with Crippen LogP contribution in [-0.2, 0) is 4.74 Å². The Balaban J connectivity index is 2.41. The molecule has 0 saturated carbocycles. The zero-order valence-corrected chi connectivity index (χ0v) is 10.8. The molecule has 0 aromatic heterocycles. The Hall–Kier alpha value is -0.160. The number of aliphatic hydroxyl groups is 1. The Kier molecular flexibility index (Phi) is 5.69. The molecule has 0 radical (unpaired) electrons. The molecule has 1 saturated heterocycles. The van der Waals surface area contributed by atoms with Crippen molar-refractivity contribution in [1.82, 2.24) is 10.2 Å². The van der Waals surface area contributed by atoms with Gasteiger partial charge in [-0.25, -0.2) is 0 Å². The van der Waals surface area contributed by atoms with Crippen molar-refractivity contribution in [1.29, 1.82) is 0 Å². The number of nitrogens with one attached hydrogen (secondary N) is 1. The van der Waals surface area contributed by atoms with E-state index in [4.69, 9.17) is 9.84 Å². The summed E-state index contributed by atoms with van der Waals surface area (Å²) in [7, 11) is 3.88. The lowest BCUT2D eigenvalue weighted by atomic mass is 9.95. The Morgan fingerprint density at radius 1 is 1.44 bits per heavy atom. The molecular formula is C12H26N2O2. The lowest BCUT2D eigenvalue weighted by Gasteiger charge is -2.38. The second-order valence-electron chi connectivity index (χ2n) is 5.19. The van der Waals surface area contributed by atoms with Crippen LogP contribution in [0.3, 0.4) is 0 Å². The van der Waals surface area contributed by atoms with Crippen molar-refractivity contribution in [2.75, 3.05) is 40.5 Å². The first-order valence-corrected chi connectivity index (χ1v) is 6.16. The molecule has 2 N–H and O–H groups in total. The van der Waals surface area contributed by atoms with Crippen molar-refractivity contribution in [2.24, 2.45) is 0 Å². The van der Waals surface area contributed by atoms with Crippen LogP contribution >= 0.6 is 0 Å². The predicted octanol–water partition coefficient (Wildman–Crippen LogP) is 0.458. The zero-order valence-electron chi connectivity index (χ0n) is 10.8. The quantitative estimate of drug-likeness (QED) is 0.696. The monoisotopic (exact) mass is 230 g/mol. The van der Waals surface area contributed by atoms with Gasteiger partial charge in [0.25, 0.3) is 0 Å². The van der Waals surface area contributed by atoms with E-state index in [1.807, 2.05) is 0 Å². The summed E-state index contributed by atoms with van der Waals surface area (Å²) >= 11 is 0. The number of likely N-dealkylation sites (tertiary alicyclic amines) is 1.